The van der Waals surface area contributed by atoms with E-state index in [0.29, 0.717) is 21.9 Å². The predicted octanol–water partition coefficient (Wildman–Crippen LogP) is 14.4. The first kappa shape index (κ1) is 47.2. The molecule has 0 unspecified atom stereocenters. The molecule has 2 saturated heterocycles. The van der Waals surface area contributed by atoms with Gasteiger partial charge < -0.3 is 19.7 Å². The monoisotopic (exact) mass is 984 g/mol. The molecule has 14 heteroatoms. The Morgan fingerprint density at radius 1 is 0.655 bits per heavy atom. The lowest BCUT2D eigenvalue weighted by atomic mass is 9.89. The van der Waals surface area contributed by atoms with Crippen molar-refractivity contribution in [3.8, 4) is 11.5 Å². The number of piperidine rings is 2. The lowest BCUT2D eigenvalue weighted by Crippen LogP contribution is -2.33. The molecule has 8 rings (SSSR count). The molecule has 0 saturated carbocycles. The van der Waals surface area contributed by atoms with Crippen LogP contribution in [0.15, 0.2) is 83.8 Å². The van der Waals surface area contributed by atoms with Crippen molar-refractivity contribution in [1.29, 1.82) is 0 Å². The van der Waals surface area contributed by atoms with Gasteiger partial charge in [-0.15, -0.1) is 35.1 Å². The maximum absolute atomic E-state index is 6.39. The topological polar surface area (TPSA) is 59.5 Å². The molecule has 0 aliphatic carbocycles. The van der Waals surface area contributed by atoms with Crippen molar-refractivity contribution in [3.05, 3.63) is 115 Å². The zero-order valence-corrected chi connectivity index (χ0v) is 39.4. The van der Waals surface area contributed by atoms with Gasteiger partial charge in [0, 0.05) is 17.5 Å². The number of nitrogens with zero attached hydrogens (tertiary/aromatic N) is 3. The molecule has 0 atom stereocenters. The normalized spacial score (nSPS) is 14.9. The highest BCUT2D eigenvalue weighted by atomic mass is 79.9. The number of alkyl halides is 1. The first-order valence-corrected chi connectivity index (χ1v) is 24.1. The fourth-order valence-corrected chi connectivity index (χ4v) is 9.78. The summed E-state index contributed by atoms with van der Waals surface area (Å²) in [5, 5.41) is 7.19. The largest absolute Gasteiger partial charge is 0.494 e. The zero-order valence-electron chi connectivity index (χ0n) is 32.3. The third-order valence-electron chi connectivity index (χ3n) is 10.3. The average Bonchev–Trinajstić information content (AvgIpc) is 3.92. The van der Waals surface area contributed by atoms with Gasteiger partial charge in [0.25, 0.3) is 0 Å². The Hall–Kier alpha value is -1.89. The standard InChI is InChI=1S/C22H24Cl2N2OS.C11H12BrNOS.C11H13Cl2N.ClH/c23-19-5-3-4-18(22(19)24)16-8-11-26(12-9-16)10-1-2-13-27-17-6-7-21-20(14-17)25-15-28-21;12-5-1-2-6-14-9-3-4-11-10(7-9)13-8-15-11;12-10-3-1-2-9(11(10)13)8-4-6-14-7-5-8;/h3-7,14-16H,1-2,8-13H2;3-4,7-8H,1-2,5-6H2;1-3,8,14H,4-7H2;1H. The van der Waals surface area contributed by atoms with Crippen molar-refractivity contribution in [2.75, 3.05) is 51.3 Å². The first-order chi connectivity index (χ1) is 27.9. The van der Waals surface area contributed by atoms with Gasteiger partial charge in [0.2, 0.25) is 0 Å². The van der Waals surface area contributed by atoms with Crippen molar-refractivity contribution >= 4 is 118 Å². The van der Waals surface area contributed by atoms with E-state index in [1.807, 2.05) is 59.6 Å². The van der Waals surface area contributed by atoms with E-state index in [0.717, 1.165) is 135 Å². The molecular weight excluding hydrogens is 938 g/mol. The summed E-state index contributed by atoms with van der Waals surface area (Å²) in [6.07, 6.45) is 9.05. The molecule has 2 aliphatic heterocycles. The molecule has 4 heterocycles. The molecule has 6 aromatic rings. The van der Waals surface area contributed by atoms with Crippen LogP contribution in [-0.2, 0) is 0 Å². The molecule has 2 aromatic heterocycles. The Labute approximate surface area is 385 Å². The Balaban J connectivity index is 0.000000180. The summed E-state index contributed by atoms with van der Waals surface area (Å²) in [7, 11) is 0. The Morgan fingerprint density at radius 2 is 1.16 bits per heavy atom. The molecule has 4 aromatic carbocycles. The van der Waals surface area contributed by atoms with Gasteiger partial charge in [0.05, 0.1) is 64.8 Å². The van der Waals surface area contributed by atoms with Gasteiger partial charge in [-0.3, -0.25) is 0 Å². The molecule has 0 bridgehead atoms. The van der Waals surface area contributed by atoms with Crippen LogP contribution in [0.25, 0.3) is 20.4 Å². The highest BCUT2D eigenvalue weighted by Gasteiger charge is 2.23. The fourth-order valence-electron chi connectivity index (χ4n) is 7.14. The number of fused-ring (bicyclic) bond motifs is 2. The minimum atomic E-state index is 0. The number of likely N-dealkylation sites (tertiary alicyclic amines) is 1. The molecule has 2 aliphatic rings. The maximum atomic E-state index is 6.39. The van der Waals surface area contributed by atoms with Gasteiger partial charge in [-0.05, 0) is 143 Å². The third kappa shape index (κ3) is 14.1. The van der Waals surface area contributed by atoms with Crippen LogP contribution in [-0.4, -0.2) is 66.1 Å². The summed E-state index contributed by atoms with van der Waals surface area (Å²) in [5.41, 5.74) is 8.19. The minimum absolute atomic E-state index is 0. The van der Waals surface area contributed by atoms with E-state index in [9.17, 15) is 0 Å². The zero-order chi connectivity index (χ0) is 39.8. The van der Waals surface area contributed by atoms with Crippen molar-refractivity contribution in [1.82, 2.24) is 20.2 Å². The number of nitrogens with one attached hydrogen (secondary N) is 1. The molecule has 2 fully saturated rings. The number of benzene rings is 4. The van der Waals surface area contributed by atoms with Gasteiger partial charge in [-0.25, -0.2) is 9.97 Å². The molecule has 0 amide bonds. The maximum Gasteiger partial charge on any atom is 0.121 e. The van der Waals surface area contributed by atoms with E-state index in [1.165, 1.54) is 20.5 Å². The van der Waals surface area contributed by atoms with Crippen molar-refractivity contribution in [3.63, 3.8) is 0 Å². The summed E-state index contributed by atoms with van der Waals surface area (Å²) in [6.45, 7) is 7.06. The van der Waals surface area contributed by atoms with Gasteiger partial charge in [-0.2, -0.15) is 0 Å². The SMILES string of the molecule is BrCCCCOc1ccc2scnc2c1.Cl.Clc1cccc(C2CCN(CCCCOc3ccc4scnc4c3)CC2)c1Cl.Clc1cccc(C2CCNCC2)c1Cl. The molecule has 312 valence electrons. The van der Waals surface area contributed by atoms with Crippen molar-refractivity contribution in [2.45, 2.75) is 63.2 Å². The number of thiazole rings is 2. The van der Waals surface area contributed by atoms with Crippen LogP contribution in [0.5, 0.6) is 11.5 Å². The number of halogens is 6. The van der Waals surface area contributed by atoms with Crippen LogP contribution in [0.3, 0.4) is 0 Å². The molecule has 6 nitrogen and oxygen atoms in total. The number of aromatic nitrogens is 2. The van der Waals surface area contributed by atoms with E-state index < -0.39 is 0 Å². The summed E-state index contributed by atoms with van der Waals surface area (Å²) in [4.78, 5) is 11.1. The minimum Gasteiger partial charge on any atom is -0.494 e. The molecule has 1 N–H and O–H groups in total. The summed E-state index contributed by atoms with van der Waals surface area (Å²) >= 11 is 31.4. The fraction of sp³-hybridized carbons (Fsp3) is 0.409. The lowest BCUT2D eigenvalue weighted by molar-refractivity contribution is 0.202. The van der Waals surface area contributed by atoms with E-state index in [4.69, 9.17) is 55.9 Å². The van der Waals surface area contributed by atoms with Gasteiger partial charge in [0.1, 0.15) is 11.5 Å². The number of hydrogen-bond donors (Lipinski definition) is 1. The van der Waals surface area contributed by atoms with E-state index >= 15 is 0 Å². The van der Waals surface area contributed by atoms with Crippen LogP contribution in [0, 0.1) is 0 Å². The first-order valence-electron chi connectivity index (χ1n) is 19.7. The molecule has 0 spiro atoms. The summed E-state index contributed by atoms with van der Waals surface area (Å²) in [5.74, 6) is 2.93. The Kier molecular flexibility index (Phi) is 20.4. The van der Waals surface area contributed by atoms with E-state index in [2.05, 4.69) is 60.4 Å². The van der Waals surface area contributed by atoms with Crippen molar-refractivity contribution in [2.24, 2.45) is 0 Å². The number of unbranched alkanes of at least 4 members (excludes halogenated alkanes) is 2. The highest BCUT2D eigenvalue weighted by molar-refractivity contribution is 9.09. The third-order valence-corrected chi connectivity index (χ3v) is 14.2. The van der Waals surface area contributed by atoms with Crippen LogP contribution in [0.4, 0.5) is 0 Å². The van der Waals surface area contributed by atoms with Crippen LogP contribution in [0.1, 0.15) is 74.3 Å². The van der Waals surface area contributed by atoms with E-state index in [-0.39, 0.29) is 12.4 Å². The second-order valence-corrected chi connectivity index (χ2v) is 18.3. The lowest BCUT2D eigenvalue weighted by Gasteiger charge is -2.32. The number of rotatable bonds is 13. The molecule has 0 radical (unpaired) electrons. The Morgan fingerprint density at radius 3 is 1.67 bits per heavy atom. The second-order valence-electron chi connectivity index (χ2n) is 14.2. The molecule has 58 heavy (non-hydrogen) atoms. The molecular formula is C44H50BrCl5N4O2S2. The summed E-state index contributed by atoms with van der Waals surface area (Å²) in [6, 6.07) is 24.1. The number of hydrogen-bond acceptors (Lipinski definition) is 8. The quantitative estimate of drug-likeness (QED) is 0.0919. The average molecular weight is 988 g/mol. The van der Waals surface area contributed by atoms with Crippen LogP contribution >= 0.6 is 97.4 Å². The van der Waals surface area contributed by atoms with Gasteiger partial charge in [-0.1, -0.05) is 86.6 Å². The van der Waals surface area contributed by atoms with Crippen LogP contribution in [0.2, 0.25) is 20.1 Å². The van der Waals surface area contributed by atoms with E-state index in [1.54, 1.807) is 22.7 Å². The summed E-state index contributed by atoms with van der Waals surface area (Å²) < 4.78 is 13.9. The van der Waals surface area contributed by atoms with Gasteiger partial charge in [0.15, 0.2) is 0 Å². The smallest absolute Gasteiger partial charge is 0.121 e. The van der Waals surface area contributed by atoms with Gasteiger partial charge >= 0.3 is 0 Å². The predicted molar refractivity (Wildman–Crippen MR) is 256 cm³/mol. The second kappa shape index (κ2) is 25.1. The van der Waals surface area contributed by atoms with Crippen LogP contribution < -0.4 is 14.8 Å². The van der Waals surface area contributed by atoms with Crippen molar-refractivity contribution < 1.29 is 9.47 Å². The number of ether oxygens (including phenoxy) is 2. The highest BCUT2D eigenvalue weighted by Crippen LogP contribution is 2.37. The Bertz CT molecular complexity index is 2120.